The minimum absolute atomic E-state index is 0.00898. The summed E-state index contributed by atoms with van der Waals surface area (Å²) in [6.07, 6.45) is 1.48. The van der Waals surface area contributed by atoms with Crippen LogP contribution in [0.1, 0.15) is 10.4 Å². The van der Waals surface area contributed by atoms with Gasteiger partial charge < -0.3 is 19.9 Å². The summed E-state index contributed by atoms with van der Waals surface area (Å²) in [7, 11) is 1.71. The van der Waals surface area contributed by atoms with Crippen molar-refractivity contribution in [1.82, 2.24) is 15.2 Å². The van der Waals surface area contributed by atoms with Crippen molar-refractivity contribution in [2.45, 2.75) is 6.10 Å². The van der Waals surface area contributed by atoms with E-state index in [2.05, 4.69) is 10.3 Å². The lowest BCUT2D eigenvalue weighted by Crippen LogP contribution is -2.45. The van der Waals surface area contributed by atoms with E-state index in [0.717, 1.165) is 13.1 Å². The fourth-order valence-electron chi connectivity index (χ4n) is 1.92. The third-order valence-corrected chi connectivity index (χ3v) is 2.85. The Hall–Kier alpha value is -1.66. The zero-order valence-corrected chi connectivity index (χ0v) is 10.3. The summed E-state index contributed by atoms with van der Waals surface area (Å²) in [5.74, 6) is -0.171. The smallest absolute Gasteiger partial charge is 0.253 e. The number of carbonyl (C=O) groups excluding carboxylic acids is 1. The van der Waals surface area contributed by atoms with Crippen molar-refractivity contribution in [1.29, 1.82) is 0 Å². The van der Waals surface area contributed by atoms with Crippen molar-refractivity contribution >= 4 is 5.91 Å². The number of aromatic nitrogens is 1. The van der Waals surface area contributed by atoms with E-state index in [1.807, 2.05) is 0 Å². The molecule has 1 aromatic heterocycles. The summed E-state index contributed by atoms with van der Waals surface area (Å²) < 4.78 is 5.53. The van der Waals surface area contributed by atoms with E-state index in [1.165, 1.54) is 12.3 Å². The zero-order chi connectivity index (χ0) is 13.0. The van der Waals surface area contributed by atoms with Crippen LogP contribution in [0.4, 0.5) is 0 Å². The van der Waals surface area contributed by atoms with E-state index < -0.39 is 0 Å². The number of pyridine rings is 1. The number of rotatable bonds is 3. The maximum absolute atomic E-state index is 12.1. The van der Waals surface area contributed by atoms with Crippen LogP contribution in [-0.2, 0) is 4.74 Å². The van der Waals surface area contributed by atoms with Gasteiger partial charge in [-0.05, 0) is 6.07 Å². The van der Waals surface area contributed by atoms with Gasteiger partial charge in [-0.2, -0.15) is 0 Å². The molecule has 18 heavy (non-hydrogen) atoms. The van der Waals surface area contributed by atoms with Crippen molar-refractivity contribution in [3.63, 3.8) is 0 Å². The lowest BCUT2D eigenvalue weighted by molar-refractivity contribution is 0.0104. The molecular formula is C12H17N3O3. The number of hydrogen-bond acceptors (Lipinski definition) is 4. The average Bonchev–Trinajstić information content (AvgIpc) is 2.39. The van der Waals surface area contributed by atoms with Gasteiger partial charge in [-0.1, -0.05) is 0 Å². The largest absolute Gasteiger partial charge is 0.374 e. The topological polar surface area (TPSA) is 74.4 Å². The van der Waals surface area contributed by atoms with Crippen LogP contribution in [0.2, 0.25) is 0 Å². The van der Waals surface area contributed by atoms with Gasteiger partial charge in [-0.3, -0.25) is 9.59 Å². The molecule has 6 heteroatoms. The molecule has 1 fully saturated rings. The molecule has 0 radical (unpaired) electrons. The van der Waals surface area contributed by atoms with Gasteiger partial charge in [0.15, 0.2) is 0 Å². The Balaban J connectivity index is 1.97. The van der Waals surface area contributed by atoms with E-state index in [9.17, 15) is 9.59 Å². The summed E-state index contributed by atoms with van der Waals surface area (Å²) in [6, 6.07) is 2.90. The summed E-state index contributed by atoms with van der Waals surface area (Å²) in [6.45, 7) is 2.77. The number of hydrogen-bond donors (Lipinski definition) is 2. The van der Waals surface area contributed by atoms with Gasteiger partial charge in [0.25, 0.3) is 5.91 Å². The minimum Gasteiger partial charge on any atom is -0.374 e. The molecule has 1 aliphatic rings. The van der Waals surface area contributed by atoms with Crippen LogP contribution in [0.15, 0.2) is 23.1 Å². The number of nitrogens with zero attached hydrogens (tertiary/aromatic N) is 1. The van der Waals surface area contributed by atoms with Gasteiger partial charge in [0.05, 0.1) is 12.7 Å². The molecule has 2 rings (SSSR count). The highest BCUT2D eigenvalue weighted by atomic mass is 16.5. The van der Waals surface area contributed by atoms with Gasteiger partial charge in [0.1, 0.15) is 0 Å². The van der Waals surface area contributed by atoms with Crippen molar-refractivity contribution in [3.05, 3.63) is 34.2 Å². The summed E-state index contributed by atoms with van der Waals surface area (Å²) in [4.78, 5) is 27.3. The molecule has 0 saturated carbocycles. The van der Waals surface area contributed by atoms with Gasteiger partial charge in [-0.25, -0.2) is 0 Å². The Morgan fingerprint density at radius 3 is 3.11 bits per heavy atom. The zero-order valence-electron chi connectivity index (χ0n) is 10.3. The molecular weight excluding hydrogens is 234 g/mol. The minimum atomic E-state index is -0.273. The van der Waals surface area contributed by atoms with Gasteiger partial charge in [-0.15, -0.1) is 0 Å². The van der Waals surface area contributed by atoms with Crippen molar-refractivity contribution in [2.24, 2.45) is 0 Å². The van der Waals surface area contributed by atoms with Crippen LogP contribution >= 0.6 is 0 Å². The molecule has 1 aliphatic heterocycles. The highest BCUT2D eigenvalue weighted by Crippen LogP contribution is 2.03. The monoisotopic (exact) mass is 251 g/mol. The summed E-state index contributed by atoms with van der Waals surface area (Å²) >= 11 is 0. The standard InChI is InChI=1S/C12H17N3O3/c1-15(8-10-7-13-4-5-18-10)12(17)9-2-3-14-11(16)6-9/h2-3,6,10,13H,4-5,7-8H2,1H3,(H,14,16). The first-order valence-electron chi connectivity index (χ1n) is 5.93. The van der Waals surface area contributed by atoms with Crippen LogP contribution in [0, 0.1) is 0 Å². The number of ether oxygens (including phenoxy) is 1. The number of morpholine rings is 1. The average molecular weight is 251 g/mol. The molecule has 6 nitrogen and oxygen atoms in total. The molecule has 1 unspecified atom stereocenters. The predicted molar refractivity (Wildman–Crippen MR) is 66.6 cm³/mol. The lowest BCUT2D eigenvalue weighted by Gasteiger charge is -2.28. The first-order chi connectivity index (χ1) is 8.66. The highest BCUT2D eigenvalue weighted by molar-refractivity contribution is 5.93. The molecule has 0 aliphatic carbocycles. The molecule has 98 valence electrons. The molecule has 1 atom stereocenters. The van der Waals surface area contributed by atoms with E-state index in [1.54, 1.807) is 18.0 Å². The van der Waals surface area contributed by atoms with Crippen LogP contribution in [-0.4, -0.2) is 55.2 Å². The molecule has 1 saturated heterocycles. The normalized spacial score (nSPS) is 19.5. The van der Waals surface area contributed by atoms with E-state index in [-0.39, 0.29) is 17.6 Å². The van der Waals surface area contributed by atoms with E-state index >= 15 is 0 Å². The second-order valence-corrected chi connectivity index (χ2v) is 4.32. The van der Waals surface area contributed by atoms with E-state index in [0.29, 0.717) is 18.7 Å². The fourth-order valence-corrected chi connectivity index (χ4v) is 1.92. The quantitative estimate of drug-likeness (QED) is 0.755. The number of H-pyrrole nitrogens is 1. The molecule has 0 aromatic carbocycles. The number of amides is 1. The SMILES string of the molecule is CN(CC1CNCCO1)C(=O)c1cc[nH]c(=O)c1. The highest BCUT2D eigenvalue weighted by Gasteiger charge is 2.19. The third-order valence-electron chi connectivity index (χ3n) is 2.85. The Kier molecular flexibility index (Phi) is 4.11. The maximum Gasteiger partial charge on any atom is 0.253 e. The predicted octanol–water partition coefficient (Wildman–Crippen LogP) is -0.565. The first-order valence-corrected chi connectivity index (χ1v) is 5.93. The number of likely N-dealkylation sites (N-methyl/N-ethyl adjacent to an activating group) is 1. The Morgan fingerprint density at radius 2 is 2.44 bits per heavy atom. The lowest BCUT2D eigenvalue weighted by atomic mass is 10.2. The van der Waals surface area contributed by atoms with Crippen molar-refractivity contribution in [3.8, 4) is 0 Å². The number of aromatic amines is 1. The van der Waals surface area contributed by atoms with Crippen LogP contribution < -0.4 is 10.9 Å². The number of nitrogens with one attached hydrogen (secondary N) is 2. The molecule has 1 aromatic rings. The molecule has 2 heterocycles. The van der Waals surface area contributed by atoms with Crippen molar-refractivity contribution < 1.29 is 9.53 Å². The molecule has 0 spiro atoms. The fraction of sp³-hybridized carbons (Fsp3) is 0.500. The Labute approximate surface area is 105 Å². The van der Waals surface area contributed by atoms with Crippen LogP contribution in [0.25, 0.3) is 0 Å². The van der Waals surface area contributed by atoms with Gasteiger partial charge in [0.2, 0.25) is 5.56 Å². The second-order valence-electron chi connectivity index (χ2n) is 4.32. The molecule has 0 bridgehead atoms. The van der Waals surface area contributed by atoms with Crippen molar-refractivity contribution in [2.75, 3.05) is 33.3 Å². The Morgan fingerprint density at radius 1 is 1.61 bits per heavy atom. The summed E-state index contributed by atoms with van der Waals surface area (Å²) in [5.41, 5.74) is 0.120. The molecule has 2 N–H and O–H groups in total. The maximum atomic E-state index is 12.1. The van der Waals surface area contributed by atoms with Gasteiger partial charge >= 0.3 is 0 Å². The number of carbonyl (C=O) groups is 1. The van der Waals surface area contributed by atoms with Gasteiger partial charge in [0, 0.05) is 44.5 Å². The Bertz CT molecular complexity index is 466. The van der Waals surface area contributed by atoms with E-state index in [4.69, 9.17) is 4.74 Å². The van der Waals surface area contributed by atoms with Crippen LogP contribution in [0.5, 0.6) is 0 Å². The first kappa shape index (κ1) is 12.8. The summed E-state index contributed by atoms with van der Waals surface area (Å²) in [5, 5.41) is 3.21. The third kappa shape index (κ3) is 3.18. The molecule has 1 amide bonds. The van der Waals surface area contributed by atoms with Crippen LogP contribution in [0.3, 0.4) is 0 Å². The second kappa shape index (κ2) is 5.79.